The van der Waals surface area contributed by atoms with Crippen molar-refractivity contribution < 1.29 is 18.0 Å². The normalized spacial score (nSPS) is 16.4. The van der Waals surface area contributed by atoms with Gasteiger partial charge >= 0.3 is 6.03 Å². The third-order valence-corrected chi connectivity index (χ3v) is 8.03. The monoisotopic (exact) mass is 540 g/mol. The van der Waals surface area contributed by atoms with Gasteiger partial charge in [0.2, 0.25) is 5.91 Å². The Hall–Kier alpha value is -3.17. The summed E-state index contributed by atoms with van der Waals surface area (Å²) in [5, 5.41) is 7.09. The van der Waals surface area contributed by atoms with Crippen molar-refractivity contribution >= 4 is 21.8 Å². The summed E-state index contributed by atoms with van der Waals surface area (Å²) in [5.41, 5.74) is 1.09. The van der Waals surface area contributed by atoms with Gasteiger partial charge in [0.25, 0.3) is 0 Å². The van der Waals surface area contributed by atoms with Gasteiger partial charge in [0.1, 0.15) is 6.04 Å². The van der Waals surface area contributed by atoms with Gasteiger partial charge in [0, 0.05) is 37.6 Å². The molecule has 0 bridgehead atoms. The number of aryl methyl sites for hydroxylation is 1. The Balaban J connectivity index is 1.74. The number of amides is 3. The van der Waals surface area contributed by atoms with Crippen LogP contribution < -0.4 is 10.6 Å². The summed E-state index contributed by atoms with van der Waals surface area (Å²) in [7, 11) is -1.64. The minimum atomic E-state index is -3.66. The fraction of sp³-hybridized carbons (Fsp3) is 0.448. The smallest absolute Gasteiger partial charge is 0.318 e. The molecule has 2 N–H and O–H groups in total. The average Bonchev–Trinajstić information content (AvgIpc) is 2.91. The number of benzene rings is 2. The quantitative estimate of drug-likeness (QED) is 0.455. The van der Waals surface area contributed by atoms with E-state index in [9.17, 15) is 18.0 Å². The van der Waals surface area contributed by atoms with E-state index in [-0.39, 0.29) is 22.8 Å². The van der Waals surface area contributed by atoms with Gasteiger partial charge in [-0.05, 0) is 49.9 Å². The third kappa shape index (κ3) is 9.29. The van der Waals surface area contributed by atoms with Crippen LogP contribution >= 0.6 is 0 Å². The molecule has 206 valence electrons. The van der Waals surface area contributed by atoms with Crippen molar-refractivity contribution in [3.63, 3.8) is 0 Å². The molecule has 0 aliphatic carbocycles. The number of hydrogen-bond acceptors (Lipinski definition) is 5. The van der Waals surface area contributed by atoms with Gasteiger partial charge in [0.15, 0.2) is 9.84 Å². The van der Waals surface area contributed by atoms with E-state index in [1.807, 2.05) is 51.2 Å². The van der Waals surface area contributed by atoms with Crippen molar-refractivity contribution in [1.82, 2.24) is 20.4 Å². The van der Waals surface area contributed by atoms with Gasteiger partial charge in [-0.2, -0.15) is 0 Å². The van der Waals surface area contributed by atoms with Crippen molar-refractivity contribution in [2.75, 3.05) is 33.2 Å². The number of nitrogens with one attached hydrogen (secondary N) is 2. The maximum Gasteiger partial charge on any atom is 0.318 e. The minimum Gasteiger partial charge on any atom is -0.348 e. The van der Waals surface area contributed by atoms with E-state index in [4.69, 9.17) is 0 Å². The van der Waals surface area contributed by atoms with Crippen LogP contribution in [-0.4, -0.2) is 75.5 Å². The summed E-state index contributed by atoms with van der Waals surface area (Å²) in [6.45, 7) is 6.80. The number of urea groups is 1. The summed E-state index contributed by atoms with van der Waals surface area (Å²) in [6.07, 6.45) is 3.18. The first-order valence-corrected chi connectivity index (χ1v) is 14.8. The van der Waals surface area contributed by atoms with E-state index in [1.54, 1.807) is 35.2 Å². The molecule has 1 aliphatic heterocycles. The molecule has 1 saturated heterocycles. The highest BCUT2D eigenvalue weighted by Crippen LogP contribution is 2.14. The van der Waals surface area contributed by atoms with Gasteiger partial charge < -0.3 is 20.4 Å². The van der Waals surface area contributed by atoms with E-state index in [0.717, 1.165) is 18.7 Å². The van der Waals surface area contributed by atoms with Crippen molar-refractivity contribution in [2.45, 2.75) is 50.1 Å². The summed E-state index contributed by atoms with van der Waals surface area (Å²) in [6, 6.07) is 16.5. The molecule has 0 spiro atoms. The average molecular weight is 541 g/mol. The highest BCUT2D eigenvalue weighted by molar-refractivity contribution is 7.94. The summed E-state index contributed by atoms with van der Waals surface area (Å²) in [4.78, 5) is 30.5. The van der Waals surface area contributed by atoms with Crippen LogP contribution in [0.15, 0.2) is 77.0 Å². The standard InChI is InChI=1S/C29H40N4O4S/c1-23(2)22-27(31-29(35)33-19-17-32(3)18-20-33)28(34)30-25(15-14-24-10-6-4-7-11-24)16-21-38(36,37)26-12-8-5-9-13-26/h4-13,16,21,23,25,27H,14-15,17-20,22H2,1-3H3,(H,30,34)(H,31,35)/b21-16+/t25-,27-/m0/s1. The predicted molar refractivity (Wildman–Crippen MR) is 150 cm³/mol. The fourth-order valence-electron chi connectivity index (χ4n) is 4.31. The van der Waals surface area contributed by atoms with E-state index in [1.165, 1.54) is 11.5 Å². The second kappa shape index (κ2) is 14.1. The predicted octanol–water partition coefficient (Wildman–Crippen LogP) is 3.46. The third-order valence-electron chi connectivity index (χ3n) is 6.59. The second-order valence-electron chi connectivity index (χ2n) is 10.2. The molecule has 0 aromatic heterocycles. The molecule has 2 aromatic carbocycles. The summed E-state index contributed by atoms with van der Waals surface area (Å²) >= 11 is 0. The Morgan fingerprint density at radius 2 is 1.53 bits per heavy atom. The first-order valence-electron chi connectivity index (χ1n) is 13.2. The molecule has 1 fully saturated rings. The van der Waals surface area contributed by atoms with Crippen LogP contribution in [0.5, 0.6) is 0 Å². The summed E-state index contributed by atoms with van der Waals surface area (Å²) < 4.78 is 25.7. The topological polar surface area (TPSA) is 98.8 Å². The zero-order valence-corrected chi connectivity index (χ0v) is 23.4. The van der Waals surface area contributed by atoms with Crippen molar-refractivity contribution in [3.05, 3.63) is 77.7 Å². The molecule has 0 unspecified atom stereocenters. The van der Waals surface area contributed by atoms with Crippen LogP contribution in [0.1, 0.15) is 32.3 Å². The van der Waals surface area contributed by atoms with Gasteiger partial charge in [0.05, 0.1) is 4.90 Å². The minimum absolute atomic E-state index is 0.176. The molecule has 3 rings (SSSR count). The number of piperazine rings is 1. The molecule has 0 saturated carbocycles. The number of sulfone groups is 1. The zero-order chi connectivity index (χ0) is 27.5. The van der Waals surface area contributed by atoms with Crippen LogP contribution in [0.25, 0.3) is 0 Å². The highest BCUT2D eigenvalue weighted by Gasteiger charge is 2.27. The molecule has 1 aliphatic rings. The van der Waals surface area contributed by atoms with E-state index in [0.29, 0.717) is 32.4 Å². The van der Waals surface area contributed by atoms with Crippen LogP contribution in [0.2, 0.25) is 0 Å². The SMILES string of the molecule is CC(C)C[C@H](NC(=O)N1CCN(C)CC1)C(=O)N[C@H](/C=C/S(=O)(=O)c1ccccc1)CCc1ccccc1. The number of hydrogen-bond donors (Lipinski definition) is 2. The molecular formula is C29H40N4O4S. The lowest BCUT2D eigenvalue weighted by atomic mass is 10.0. The van der Waals surface area contributed by atoms with Crippen LogP contribution in [0, 0.1) is 5.92 Å². The van der Waals surface area contributed by atoms with E-state index in [2.05, 4.69) is 15.5 Å². The van der Waals surface area contributed by atoms with Crippen LogP contribution in [0.4, 0.5) is 4.79 Å². The van der Waals surface area contributed by atoms with Crippen LogP contribution in [0.3, 0.4) is 0 Å². The molecule has 2 aromatic rings. The van der Waals surface area contributed by atoms with E-state index < -0.39 is 21.9 Å². The van der Waals surface area contributed by atoms with Gasteiger partial charge in [-0.1, -0.05) is 68.5 Å². The lowest BCUT2D eigenvalue weighted by molar-refractivity contribution is -0.123. The molecule has 38 heavy (non-hydrogen) atoms. The second-order valence-corrected chi connectivity index (χ2v) is 12.1. The van der Waals surface area contributed by atoms with Gasteiger partial charge in [-0.25, -0.2) is 13.2 Å². The highest BCUT2D eigenvalue weighted by atomic mass is 32.2. The largest absolute Gasteiger partial charge is 0.348 e. The lowest BCUT2D eigenvalue weighted by Crippen LogP contribution is -2.56. The number of carbonyl (C=O) groups excluding carboxylic acids is 2. The Morgan fingerprint density at radius 3 is 2.13 bits per heavy atom. The first-order chi connectivity index (χ1) is 18.1. The molecule has 0 radical (unpaired) electrons. The van der Waals surface area contributed by atoms with E-state index >= 15 is 0 Å². The van der Waals surface area contributed by atoms with Gasteiger partial charge in [-0.15, -0.1) is 0 Å². The number of nitrogens with zero attached hydrogens (tertiary/aromatic N) is 2. The van der Waals surface area contributed by atoms with Gasteiger partial charge in [-0.3, -0.25) is 4.79 Å². The Bertz CT molecular complexity index is 1160. The molecule has 2 atom stereocenters. The number of rotatable bonds is 11. The van der Waals surface area contributed by atoms with Crippen molar-refractivity contribution in [3.8, 4) is 0 Å². The van der Waals surface area contributed by atoms with Crippen molar-refractivity contribution in [1.29, 1.82) is 0 Å². The Kier molecular flexibility index (Phi) is 10.9. The summed E-state index contributed by atoms with van der Waals surface area (Å²) in [5.74, 6) is -0.142. The Morgan fingerprint density at radius 1 is 0.921 bits per heavy atom. The maximum atomic E-state index is 13.4. The first kappa shape index (κ1) is 29.4. The molecule has 1 heterocycles. The zero-order valence-electron chi connectivity index (χ0n) is 22.5. The number of likely N-dealkylation sites (N-methyl/N-ethyl adjacent to an activating group) is 1. The number of carbonyl (C=O) groups is 2. The Labute approximate surface area is 227 Å². The van der Waals surface area contributed by atoms with Crippen molar-refractivity contribution in [2.24, 2.45) is 5.92 Å². The lowest BCUT2D eigenvalue weighted by Gasteiger charge is -2.33. The molecule has 8 nitrogen and oxygen atoms in total. The fourth-order valence-corrected chi connectivity index (χ4v) is 5.40. The molecular weight excluding hydrogens is 500 g/mol. The van der Waals surface area contributed by atoms with Crippen LogP contribution in [-0.2, 0) is 21.1 Å². The molecule has 3 amide bonds. The molecule has 9 heteroatoms. The maximum absolute atomic E-state index is 13.4.